The molecule has 1 aromatic carbocycles. The van der Waals surface area contributed by atoms with Gasteiger partial charge in [-0.2, -0.15) is 0 Å². The number of benzene rings is 1. The molecule has 2 amide bonds. The maximum Gasteiger partial charge on any atom is 0.315 e. The largest absolute Gasteiger partial charge is 0.338 e. The Morgan fingerprint density at radius 1 is 1.14 bits per heavy atom. The van der Waals surface area contributed by atoms with Gasteiger partial charge in [0.2, 0.25) is 0 Å². The fourth-order valence-corrected chi connectivity index (χ4v) is 3.94. The van der Waals surface area contributed by atoms with E-state index in [2.05, 4.69) is 39.2 Å². The number of nitrogens with one attached hydrogen (secondary N) is 2. The lowest BCUT2D eigenvalue weighted by Crippen LogP contribution is -2.36. The minimum atomic E-state index is -0.151. The normalized spacial score (nSPS) is 14.5. The predicted octanol–water partition coefficient (Wildman–Crippen LogP) is 3.90. The summed E-state index contributed by atoms with van der Waals surface area (Å²) in [6, 6.07) is 12.4. The molecule has 1 fully saturated rings. The van der Waals surface area contributed by atoms with Crippen LogP contribution >= 0.6 is 0 Å². The van der Waals surface area contributed by atoms with Crippen molar-refractivity contribution < 1.29 is 4.79 Å². The van der Waals surface area contributed by atoms with Crippen molar-refractivity contribution in [2.45, 2.75) is 51.6 Å². The molecule has 0 spiro atoms. The number of urea groups is 1. The molecule has 6 heteroatoms. The van der Waals surface area contributed by atoms with Crippen molar-refractivity contribution in [3.8, 4) is 0 Å². The lowest BCUT2D eigenvalue weighted by Gasteiger charge is -2.16. The van der Waals surface area contributed by atoms with Crippen LogP contribution in [-0.2, 0) is 13.0 Å². The summed E-state index contributed by atoms with van der Waals surface area (Å²) < 4.78 is 2.30. The van der Waals surface area contributed by atoms with Crippen LogP contribution in [0.3, 0.4) is 0 Å². The van der Waals surface area contributed by atoms with E-state index in [9.17, 15) is 4.79 Å². The van der Waals surface area contributed by atoms with Crippen LogP contribution in [0.1, 0.15) is 48.7 Å². The minimum absolute atomic E-state index is 0.151. The highest BCUT2D eigenvalue weighted by Gasteiger charge is 2.23. The summed E-state index contributed by atoms with van der Waals surface area (Å²) in [7, 11) is 0. The second-order valence-corrected chi connectivity index (χ2v) is 7.53. The molecule has 0 atom stereocenters. The van der Waals surface area contributed by atoms with Crippen LogP contribution in [0.2, 0.25) is 0 Å². The minimum Gasteiger partial charge on any atom is -0.338 e. The number of carbonyl (C=O) groups is 1. The van der Waals surface area contributed by atoms with Gasteiger partial charge in [0.1, 0.15) is 11.3 Å². The van der Waals surface area contributed by atoms with E-state index in [1.165, 1.54) is 31.2 Å². The number of aromatic nitrogens is 3. The number of nitrogens with zero attached hydrogens (tertiary/aromatic N) is 3. The van der Waals surface area contributed by atoms with E-state index in [1.807, 2.05) is 30.5 Å². The van der Waals surface area contributed by atoms with Crippen molar-refractivity contribution in [3.63, 3.8) is 0 Å². The first-order valence-electron chi connectivity index (χ1n) is 10.1. The van der Waals surface area contributed by atoms with Gasteiger partial charge in [0, 0.05) is 31.7 Å². The topological polar surface area (TPSA) is 71.8 Å². The van der Waals surface area contributed by atoms with Crippen LogP contribution in [0, 0.1) is 6.92 Å². The van der Waals surface area contributed by atoms with Gasteiger partial charge < -0.3 is 15.2 Å². The molecule has 0 unspecified atom stereocenters. The summed E-state index contributed by atoms with van der Waals surface area (Å²) in [6.45, 7) is 3.13. The van der Waals surface area contributed by atoms with Gasteiger partial charge in [-0.25, -0.2) is 14.8 Å². The zero-order chi connectivity index (χ0) is 19.3. The predicted molar refractivity (Wildman–Crippen MR) is 110 cm³/mol. The molecular formula is C22H27N5O. The maximum absolute atomic E-state index is 12.1. The van der Waals surface area contributed by atoms with Gasteiger partial charge in [0.05, 0.1) is 0 Å². The molecule has 2 N–H and O–H groups in total. The summed E-state index contributed by atoms with van der Waals surface area (Å²) in [5.41, 5.74) is 4.21. The van der Waals surface area contributed by atoms with Crippen LogP contribution < -0.4 is 10.6 Å². The fraction of sp³-hybridized carbons (Fsp3) is 0.409. The van der Waals surface area contributed by atoms with Gasteiger partial charge in [0.15, 0.2) is 5.65 Å². The van der Waals surface area contributed by atoms with E-state index in [0.29, 0.717) is 25.6 Å². The molecule has 0 saturated heterocycles. The number of hydrogen-bond acceptors (Lipinski definition) is 3. The van der Waals surface area contributed by atoms with Crippen LogP contribution in [0.15, 0.2) is 42.6 Å². The molecular weight excluding hydrogens is 350 g/mol. The summed E-state index contributed by atoms with van der Waals surface area (Å²) in [6.07, 6.45) is 7.41. The highest BCUT2D eigenvalue weighted by molar-refractivity contribution is 5.74. The number of amides is 2. The van der Waals surface area contributed by atoms with Crippen molar-refractivity contribution >= 4 is 17.2 Å². The molecule has 4 rings (SSSR count). The molecule has 3 aromatic rings. The van der Waals surface area contributed by atoms with E-state index in [-0.39, 0.29) is 6.03 Å². The van der Waals surface area contributed by atoms with Crippen molar-refractivity contribution in [2.75, 3.05) is 6.54 Å². The molecule has 0 bridgehead atoms. The van der Waals surface area contributed by atoms with E-state index >= 15 is 0 Å². The molecule has 2 heterocycles. The molecule has 2 aromatic heterocycles. The van der Waals surface area contributed by atoms with Gasteiger partial charge in [-0.1, -0.05) is 42.7 Å². The van der Waals surface area contributed by atoms with Gasteiger partial charge in [-0.15, -0.1) is 0 Å². The van der Waals surface area contributed by atoms with E-state index in [0.717, 1.165) is 22.6 Å². The molecule has 28 heavy (non-hydrogen) atoms. The highest BCUT2D eigenvalue weighted by atomic mass is 16.2. The van der Waals surface area contributed by atoms with E-state index in [4.69, 9.17) is 4.98 Å². The third-order valence-electron chi connectivity index (χ3n) is 5.42. The molecule has 0 aliphatic heterocycles. The Hall–Kier alpha value is -2.89. The van der Waals surface area contributed by atoms with E-state index < -0.39 is 0 Å². The van der Waals surface area contributed by atoms with Gasteiger partial charge in [-0.05, 0) is 37.5 Å². The van der Waals surface area contributed by atoms with Gasteiger partial charge in [-0.3, -0.25) is 0 Å². The monoisotopic (exact) mass is 377 g/mol. The van der Waals surface area contributed by atoms with Crippen molar-refractivity contribution in [3.05, 3.63) is 59.5 Å². The number of hydrogen-bond donors (Lipinski definition) is 2. The Balaban J connectivity index is 1.35. The van der Waals surface area contributed by atoms with Crippen molar-refractivity contribution in [2.24, 2.45) is 0 Å². The summed E-state index contributed by atoms with van der Waals surface area (Å²) in [4.78, 5) is 21.5. The fourth-order valence-electron chi connectivity index (χ4n) is 3.94. The molecule has 1 aliphatic rings. The number of imidazole rings is 1. The lowest BCUT2D eigenvalue weighted by molar-refractivity contribution is 0.240. The number of aryl methyl sites for hydroxylation is 1. The Labute approximate surface area is 165 Å². The average Bonchev–Trinajstić information content (AvgIpc) is 3.34. The maximum atomic E-state index is 12.1. The molecule has 146 valence electrons. The standard InChI is InChI=1S/C22H27N5O/c1-16-8-10-17(11-9-16)15-25-22(28)24-14-12-20-26-19-7-4-13-23-21(19)27(20)18-5-2-3-6-18/h4,7-11,13,18H,2-3,5-6,12,14-15H2,1H3,(H2,24,25,28). The van der Waals surface area contributed by atoms with Crippen molar-refractivity contribution in [1.29, 1.82) is 0 Å². The van der Waals surface area contributed by atoms with Crippen molar-refractivity contribution in [1.82, 2.24) is 25.2 Å². The third kappa shape index (κ3) is 4.16. The lowest BCUT2D eigenvalue weighted by atomic mass is 10.1. The first-order valence-corrected chi connectivity index (χ1v) is 10.1. The van der Waals surface area contributed by atoms with Crippen LogP contribution in [0.5, 0.6) is 0 Å². The van der Waals surface area contributed by atoms with Crippen LogP contribution in [0.25, 0.3) is 11.2 Å². The summed E-state index contributed by atoms with van der Waals surface area (Å²) in [5.74, 6) is 1.01. The molecule has 1 saturated carbocycles. The highest BCUT2D eigenvalue weighted by Crippen LogP contribution is 2.33. The van der Waals surface area contributed by atoms with Crippen LogP contribution in [0.4, 0.5) is 4.79 Å². The second-order valence-electron chi connectivity index (χ2n) is 7.53. The Kier molecular flexibility index (Phi) is 5.55. The second kappa shape index (κ2) is 8.42. The van der Waals surface area contributed by atoms with Crippen LogP contribution in [-0.4, -0.2) is 27.1 Å². The molecule has 0 radical (unpaired) electrons. The van der Waals surface area contributed by atoms with Gasteiger partial charge in [0.25, 0.3) is 0 Å². The number of rotatable bonds is 6. The Morgan fingerprint density at radius 3 is 2.71 bits per heavy atom. The Morgan fingerprint density at radius 2 is 1.93 bits per heavy atom. The SMILES string of the molecule is Cc1ccc(CNC(=O)NCCc2nc3cccnc3n2C2CCCC2)cc1. The molecule has 6 nitrogen and oxygen atoms in total. The zero-order valence-corrected chi connectivity index (χ0v) is 16.3. The number of carbonyl (C=O) groups excluding carboxylic acids is 1. The number of fused-ring (bicyclic) bond motifs is 1. The zero-order valence-electron chi connectivity index (χ0n) is 16.3. The Bertz CT molecular complexity index is 941. The third-order valence-corrected chi connectivity index (χ3v) is 5.42. The summed E-state index contributed by atoms with van der Waals surface area (Å²) >= 11 is 0. The first kappa shape index (κ1) is 18.5. The number of pyridine rings is 1. The quantitative estimate of drug-likeness (QED) is 0.684. The smallest absolute Gasteiger partial charge is 0.315 e. The summed E-state index contributed by atoms with van der Waals surface area (Å²) in [5, 5.41) is 5.86. The average molecular weight is 377 g/mol. The van der Waals surface area contributed by atoms with Gasteiger partial charge >= 0.3 is 6.03 Å². The van der Waals surface area contributed by atoms with E-state index in [1.54, 1.807) is 0 Å². The molecule has 1 aliphatic carbocycles. The first-order chi connectivity index (χ1) is 13.7.